The van der Waals surface area contributed by atoms with Crippen molar-refractivity contribution in [2.24, 2.45) is 0 Å². The molecule has 1 N–H and O–H groups in total. The van der Waals surface area contributed by atoms with Crippen LogP contribution in [-0.4, -0.2) is 36.2 Å². The molecule has 20 heavy (non-hydrogen) atoms. The molecule has 1 aromatic rings. The Morgan fingerprint density at radius 1 is 1.40 bits per heavy atom. The minimum absolute atomic E-state index is 0.00542. The largest absolute Gasteiger partial charge is 0.485 e. The molecule has 2 aliphatic rings. The van der Waals surface area contributed by atoms with E-state index in [9.17, 15) is 0 Å². The number of rotatable bonds is 3. The Balaban J connectivity index is 1.87. The predicted octanol–water partition coefficient (Wildman–Crippen LogP) is 2.97. The minimum Gasteiger partial charge on any atom is -0.485 e. The SMILES string of the molecule is CCNC1CC2(CCN(C(C)C)C2)Oc2ccccc21. The number of ether oxygens (including phenoxy) is 1. The lowest BCUT2D eigenvalue weighted by atomic mass is 9.86. The van der Waals surface area contributed by atoms with Crippen LogP contribution in [0.3, 0.4) is 0 Å². The number of likely N-dealkylation sites (tertiary alicyclic amines) is 1. The van der Waals surface area contributed by atoms with Gasteiger partial charge in [-0.2, -0.15) is 0 Å². The van der Waals surface area contributed by atoms with Gasteiger partial charge in [0.15, 0.2) is 0 Å². The number of para-hydroxylation sites is 1. The van der Waals surface area contributed by atoms with E-state index >= 15 is 0 Å². The van der Waals surface area contributed by atoms with Crippen molar-refractivity contribution < 1.29 is 4.74 Å². The molecule has 0 radical (unpaired) electrons. The number of nitrogens with zero attached hydrogens (tertiary/aromatic N) is 1. The van der Waals surface area contributed by atoms with Gasteiger partial charge in [0, 0.05) is 43.6 Å². The lowest BCUT2D eigenvalue weighted by Crippen LogP contribution is -2.46. The van der Waals surface area contributed by atoms with Crippen molar-refractivity contribution >= 4 is 0 Å². The first-order valence-corrected chi connectivity index (χ1v) is 7.89. The first kappa shape index (κ1) is 13.9. The van der Waals surface area contributed by atoms with Gasteiger partial charge in [0.25, 0.3) is 0 Å². The molecular weight excluding hydrogens is 248 g/mol. The van der Waals surface area contributed by atoms with E-state index in [1.807, 2.05) is 0 Å². The summed E-state index contributed by atoms with van der Waals surface area (Å²) in [6.07, 6.45) is 2.22. The minimum atomic E-state index is 0.00542. The molecule has 1 fully saturated rings. The number of hydrogen-bond acceptors (Lipinski definition) is 3. The van der Waals surface area contributed by atoms with E-state index in [1.54, 1.807) is 0 Å². The van der Waals surface area contributed by atoms with Crippen LogP contribution in [0.2, 0.25) is 0 Å². The lowest BCUT2D eigenvalue weighted by molar-refractivity contribution is 0.0357. The van der Waals surface area contributed by atoms with Crippen LogP contribution in [0.15, 0.2) is 24.3 Å². The molecule has 3 rings (SSSR count). The van der Waals surface area contributed by atoms with Crippen molar-refractivity contribution in [2.45, 2.75) is 51.3 Å². The first-order valence-electron chi connectivity index (χ1n) is 7.89. The third-order valence-electron chi connectivity index (χ3n) is 4.72. The molecule has 2 heterocycles. The molecule has 1 aromatic carbocycles. The molecule has 0 aliphatic carbocycles. The van der Waals surface area contributed by atoms with E-state index in [-0.39, 0.29) is 5.60 Å². The van der Waals surface area contributed by atoms with Crippen LogP contribution in [0.4, 0.5) is 0 Å². The van der Waals surface area contributed by atoms with Gasteiger partial charge in [0.05, 0.1) is 0 Å². The molecular formula is C17H26N2O. The van der Waals surface area contributed by atoms with Crippen LogP contribution in [0, 0.1) is 0 Å². The molecule has 0 saturated carbocycles. The molecule has 2 aliphatic heterocycles. The van der Waals surface area contributed by atoms with Gasteiger partial charge >= 0.3 is 0 Å². The van der Waals surface area contributed by atoms with Gasteiger partial charge in [-0.1, -0.05) is 25.1 Å². The summed E-state index contributed by atoms with van der Waals surface area (Å²) in [4.78, 5) is 2.54. The zero-order chi connectivity index (χ0) is 14.2. The molecule has 2 unspecified atom stereocenters. The van der Waals surface area contributed by atoms with Crippen LogP contribution in [0.1, 0.15) is 45.2 Å². The molecule has 3 nitrogen and oxygen atoms in total. The summed E-state index contributed by atoms with van der Waals surface area (Å²) in [6.45, 7) is 9.94. The molecule has 2 atom stereocenters. The Morgan fingerprint density at radius 3 is 2.90 bits per heavy atom. The average molecular weight is 274 g/mol. The predicted molar refractivity (Wildman–Crippen MR) is 82.2 cm³/mol. The summed E-state index contributed by atoms with van der Waals surface area (Å²) in [5, 5.41) is 3.64. The second-order valence-corrected chi connectivity index (χ2v) is 6.45. The van der Waals surface area contributed by atoms with E-state index in [1.165, 1.54) is 5.56 Å². The fraction of sp³-hybridized carbons (Fsp3) is 0.647. The van der Waals surface area contributed by atoms with E-state index < -0.39 is 0 Å². The molecule has 1 saturated heterocycles. The Bertz CT molecular complexity index is 474. The highest BCUT2D eigenvalue weighted by atomic mass is 16.5. The smallest absolute Gasteiger partial charge is 0.125 e. The standard InChI is InChI=1S/C17H26N2O/c1-4-18-15-11-17(9-10-19(12-17)13(2)3)20-16-8-6-5-7-14(15)16/h5-8,13,15,18H,4,9-12H2,1-3H3. The topological polar surface area (TPSA) is 24.5 Å². The maximum absolute atomic E-state index is 6.46. The number of fused-ring (bicyclic) bond motifs is 1. The van der Waals surface area contributed by atoms with Gasteiger partial charge in [-0.3, -0.25) is 4.90 Å². The molecule has 0 bridgehead atoms. The fourth-order valence-electron chi connectivity index (χ4n) is 3.61. The van der Waals surface area contributed by atoms with E-state index in [0.29, 0.717) is 12.1 Å². The zero-order valence-electron chi connectivity index (χ0n) is 12.9. The Morgan fingerprint density at radius 2 is 2.20 bits per heavy atom. The molecule has 1 spiro atoms. The first-order chi connectivity index (χ1) is 9.63. The summed E-state index contributed by atoms with van der Waals surface area (Å²) < 4.78 is 6.46. The highest BCUT2D eigenvalue weighted by Gasteiger charge is 2.46. The van der Waals surface area contributed by atoms with Gasteiger partial charge in [0.1, 0.15) is 11.4 Å². The van der Waals surface area contributed by atoms with Crippen molar-refractivity contribution in [3.8, 4) is 5.75 Å². The third kappa shape index (κ3) is 2.45. The fourth-order valence-corrected chi connectivity index (χ4v) is 3.61. The lowest BCUT2D eigenvalue weighted by Gasteiger charge is -2.40. The van der Waals surface area contributed by atoms with Crippen LogP contribution in [0.25, 0.3) is 0 Å². The van der Waals surface area contributed by atoms with Crippen molar-refractivity contribution in [3.63, 3.8) is 0 Å². The molecule has 3 heteroatoms. The summed E-state index contributed by atoms with van der Waals surface area (Å²) in [5.41, 5.74) is 1.33. The monoisotopic (exact) mass is 274 g/mol. The van der Waals surface area contributed by atoms with E-state index in [0.717, 1.165) is 38.2 Å². The van der Waals surface area contributed by atoms with Gasteiger partial charge in [-0.15, -0.1) is 0 Å². The van der Waals surface area contributed by atoms with Crippen molar-refractivity contribution in [1.29, 1.82) is 0 Å². The van der Waals surface area contributed by atoms with E-state index in [4.69, 9.17) is 4.74 Å². The van der Waals surface area contributed by atoms with Crippen LogP contribution in [0.5, 0.6) is 5.75 Å². The Labute approximate surface area is 122 Å². The Kier molecular flexibility index (Phi) is 3.74. The third-order valence-corrected chi connectivity index (χ3v) is 4.72. The second kappa shape index (κ2) is 5.38. The maximum Gasteiger partial charge on any atom is 0.125 e. The zero-order valence-corrected chi connectivity index (χ0v) is 12.9. The maximum atomic E-state index is 6.46. The molecule has 0 aromatic heterocycles. The summed E-state index contributed by atoms with van der Waals surface area (Å²) in [7, 11) is 0. The van der Waals surface area contributed by atoms with E-state index in [2.05, 4.69) is 55.3 Å². The molecule has 0 amide bonds. The highest BCUT2D eigenvalue weighted by molar-refractivity contribution is 5.39. The summed E-state index contributed by atoms with van der Waals surface area (Å²) in [6, 6.07) is 9.55. The van der Waals surface area contributed by atoms with Gasteiger partial charge in [-0.05, 0) is 26.5 Å². The Hall–Kier alpha value is -1.06. The van der Waals surface area contributed by atoms with Crippen molar-refractivity contribution in [2.75, 3.05) is 19.6 Å². The van der Waals surface area contributed by atoms with Crippen LogP contribution >= 0.6 is 0 Å². The number of benzene rings is 1. The summed E-state index contributed by atoms with van der Waals surface area (Å²) >= 11 is 0. The average Bonchev–Trinajstić information content (AvgIpc) is 2.83. The van der Waals surface area contributed by atoms with Gasteiger partial charge in [-0.25, -0.2) is 0 Å². The van der Waals surface area contributed by atoms with Crippen molar-refractivity contribution in [3.05, 3.63) is 29.8 Å². The van der Waals surface area contributed by atoms with Crippen molar-refractivity contribution in [1.82, 2.24) is 10.2 Å². The number of nitrogens with one attached hydrogen (secondary N) is 1. The van der Waals surface area contributed by atoms with Gasteiger partial charge in [0.2, 0.25) is 0 Å². The van der Waals surface area contributed by atoms with Crippen LogP contribution in [-0.2, 0) is 0 Å². The normalized spacial score (nSPS) is 29.7. The second-order valence-electron chi connectivity index (χ2n) is 6.45. The summed E-state index contributed by atoms with van der Waals surface area (Å²) in [5.74, 6) is 1.08. The van der Waals surface area contributed by atoms with Gasteiger partial charge < -0.3 is 10.1 Å². The number of hydrogen-bond donors (Lipinski definition) is 1. The van der Waals surface area contributed by atoms with Crippen LogP contribution < -0.4 is 10.1 Å². The highest BCUT2D eigenvalue weighted by Crippen LogP contribution is 2.43. The quantitative estimate of drug-likeness (QED) is 0.917. The molecule has 110 valence electrons.